The number of carbonyl (C=O) groups excluding carboxylic acids is 1. The smallest absolute Gasteiger partial charge is 0.303 e. The highest BCUT2D eigenvalue weighted by atomic mass is 19.1. The summed E-state index contributed by atoms with van der Waals surface area (Å²) in [6, 6.07) is 17.5. The van der Waals surface area contributed by atoms with Crippen molar-refractivity contribution in [3.63, 3.8) is 0 Å². The number of aromatic nitrogens is 5. The second-order valence-electron chi connectivity index (χ2n) is 10.2. The van der Waals surface area contributed by atoms with Crippen LogP contribution in [0.1, 0.15) is 42.0 Å². The Morgan fingerprint density at radius 3 is 2.63 bits per heavy atom. The number of halogens is 1. The van der Waals surface area contributed by atoms with Crippen molar-refractivity contribution in [2.45, 2.75) is 38.1 Å². The molecule has 4 N–H and O–H groups in total. The predicted molar refractivity (Wildman–Crippen MR) is 151 cm³/mol. The maximum absolute atomic E-state index is 14.4. The zero-order chi connectivity index (χ0) is 28.7. The van der Waals surface area contributed by atoms with Crippen molar-refractivity contribution < 1.29 is 19.1 Å². The predicted octanol–water partition coefficient (Wildman–Crippen LogP) is 4.32. The Kier molecular flexibility index (Phi) is 6.41. The van der Waals surface area contributed by atoms with E-state index in [9.17, 15) is 14.0 Å². The Morgan fingerprint density at radius 2 is 1.88 bits per heavy atom. The molecule has 0 bridgehead atoms. The van der Waals surface area contributed by atoms with E-state index in [1.165, 1.54) is 6.07 Å². The number of carboxylic acid groups (broad SMARTS) is 1. The van der Waals surface area contributed by atoms with E-state index in [1.54, 1.807) is 42.1 Å². The van der Waals surface area contributed by atoms with Gasteiger partial charge in [0.05, 0.1) is 17.5 Å². The van der Waals surface area contributed by atoms with E-state index in [0.717, 1.165) is 5.56 Å². The minimum atomic E-state index is -1.13. The zero-order valence-corrected chi connectivity index (χ0v) is 22.1. The van der Waals surface area contributed by atoms with Crippen LogP contribution in [0, 0.1) is 5.82 Å². The highest BCUT2D eigenvalue weighted by Gasteiger charge is 2.47. The average molecular weight is 552 g/mol. The van der Waals surface area contributed by atoms with Gasteiger partial charge in [0, 0.05) is 18.2 Å². The number of carbonyl (C=O) groups is 2. The fraction of sp³-hybridized carbons (Fsp3) is 0.200. The van der Waals surface area contributed by atoms with Crippen LogP contribution < -0.4 is 11.1 Å². The highest BCUT2D eigenvalue weighted by Crippen LogP contribution is 2.45. The highest BCUT2D eigenvalue weighted by molar-refractivity contribution is 6.09. The number of nitrogen functional groups attached to an aromatic ring is 1. The van der Waals surface area contributed by atoms with E-state index in [0.29, 0.717) is 52.1 Å². The van der Waals surface area contributed by atoms with Gasteiger partial charge in [0.2, 0.25) is 5.91 Å². The molecule has 41 heavy (non-hydrogen) atoms. The molecule has 2 aromatic carbocycles. The molecule has 11 heteroatoms. The van der Waals surface area contributed by atoms with Crippen LogP contribution in [0.2, 0.25) is 0 Å². The molecule has 10 nitrogen and oxygen atoms in total. The summed E-state index contributed by atoms with van der Waals surface area (Å²) in [6.07, 6.45) is 2.87. The van der Waals surface area contributed by atoms with Crippen LogP contribution in [0.15, 0.2) is 66.9 Å². The Labute approximate surface area is 234 Å². The van der Waals surface area contributed by atoms with Crippen molar-refractivity contribution in [1.82, 2.24) is 24.7 Å². The number of fused-ring (bicyclic) bond motifs is 2. The van der Waals surface area contributed by atoms with Crippen molar-refractivity contribution in [1.29, 1.82) is 0 Å². The summed E-state index contributed by atoms with van der Waals surface area (Å²) in [5.74, 6) is -0.819. The first-order chi connectivity index (χ1) is 19.8. The fourth-order valence-electron chi connectivity index (χ4n) is 5.31. The molecular weight excluding hydrogens is 525 g/mol. The van der Waals surface area contributed by atoms with Crippen LogP contribution in [-0.2, 0) is 28.0 Å². The van der Waals surface area contributed by atoms with E-state index in [2.05, 4.69) is 25.4 Å². The number of aryl methyl sites for hydroxylation is 1. The molecule has 4 heterocycles. The number of nitrogens with one attached hydrogen (secondary N) is 1. The lowest BCUT2D eigenvalue weighted by atomic mass is 9.77. The van der Waals surface area contributed by atoms with Gasteiger partial charge in [-0.2, -0.15) is 5.10 Å². The standard InChI is InChI=1S/C30H26FN7O3/c1-30(19-13-11-17(12-14-19)6-4-10-22(39)40)23-25(32)34-27(35-26(23)36-29(30)41)24-20-8-5-15-33-28(20)38(37-24)16-18-7-2-3-9-21(18)31/h2-3,5,7-9,11-15H,4,6,10,16H2,1H3,(H,39,40)(H3,32,34,35,36,41). The molecule has 3 aromatic heterocycles. The largest absolute Gasteiger partial charge is 0.481 e. The summed E-state index contributed by atoms with van der Waals surface area (Å²) in [5, 5.41) is 17.1. The van der Waals surface area contributed by atoms with Gasteiger partial charge < -0.3 is 16.2 Å². The van der Waals surface area contributed by atoms with Gasteiger partial charge in [-0.15, -0.1) is 0 Å². The molecule has 1 aliphatic heterocycles. The number of carboxylic acids is 1. The number of hydrogen-bond donors (Lipinski definition) is 3. The van der Waals surface area contributed by atoms with Crippen LogP contribution in [0.5, 0.6) is 0 Å². The Hall–Kier alpha value is -5.19. The van der Waals surface area contributed by atoms with Crippen molar-refractivity contribution in [2.24, 2.45) is 0 Å². The maximum Gasteiger partial charge on any atom is 0.303 e. The molecule has 1 aliphatic rings. The molecule has 1 atom stereocenters. The molecule has 0 saturated heterocycles. The summed E-state index contributed by atoms with van der Waals surface area (Å²) < 4.78 is 16.0. The molecule has 0 fully saturated rings. The van der Waals surface area contributed by atoms with Gasteiger partial charge in [0.25, 0.3) is 0 Å². The molecule has 6 rings (SSSR count). The summed E-state index contributed by atoms with van der Waals surface area (Å²) >= 11 is 0. The van der Waals surface area contributed by atoms with E-state index < -0.39 is 11.4 Å². The topological polar surface area (TPSA) is 149 Å². The number of pyridine rings is 1. The van der Waals surface area contributed by atoms with E-state index in [1.807, 2.05) is 30.3 Å². The van der Waals surface area contributed by atoms with Crippen LogP contribution in [0.25, 0.3) is 22.6 Å². The molecule has 0 spiro atoms. The molecule has 206 valence electrons. The number of benzene rings is 2. The number of nitrogens with zero attached hydrogens (tertiary/aromatic N) is 5. The minimum absolute atomic E-state index is 0.0954. The lowest BCUT2D eigenvalue weighted by molar-refractivity contribution is -0.137. The second-order valence-corrected chi connectivity index (χ2v) is 10.2. The van der Waals surface area contributed by atoms with Crippen LogP contribution >= 0.6 is 0 Å². The third-order valence-corrected chi connectivity index (χ3v) is 7.51. The summed E-state index contributed by atoms with van der Waals surface area (Å²) in [7, 11) is 0. The van der Waals surface area contributed by atoms with Crippen LogP contribution in [0.4, 0.5) is 16.0 Å². The molecule has 0 aliphatic carbocycles. The number of amides is 1. The molecular formula is C30H26FN7O3. The molecule has 1 amide bonds. The van der Waals surface area contributed by atoms with Crippen LogP contribution in [0.3, 0.4) is 0 Å². The van der Waals surface area contributed by atoms with Gasteiger partial charge in [0.1, 0.15) is 28.6 Å². The van der Waals surface area contributed by atoms with Gasteiger partial charge in [-0.05, 0) is 49.1 Å². The third kappa shape index (κ3) is 4.54. The van der Waals surface area contributed by atoms with Gasteiger partial charge in [-0.1, -0.05) is 42.5 Å². The molecule has 1 unspecified atom stereocenters. The zero-order valence-electron chi connectivity index (χ0n) is 22.1. The van der Waals surface area contributed by atoms with E-state index in [-0.39, 0.29) is 36.3 Å². The summed E-state index contributed by atoms with van der Waals surface area (Å²) in [5.41, 5.74) is 8.93. The molecule has 5 aromatic rings. The molecule has 0 saturated carbocycles. The van der Waals surface area contributed by atoms with Gasteiger partial charge in [-0.3, -0.25) is 9.59 Å². The van der Waals surface area contributed by atoms with E-state index >= 15 is 0 Å². The van der Waals surface area contributed by atoms with Crippen LogP contribution in [-0.4, -0.2) is 41.7 Å². The monoisotopic (exact) mass is 551 g/mol. The minimum Gasteiger partial charge on any atom is -0.481 e. The normalized spacial score (nSPS) is 16.1. The summed E-state index contributed by atoms with van der Waals surface area (Å²) in [4.78, 5) is 37.9. The lowest BCUT2D eigenvalue weighted by Gasteiger charge is -2.23. The number of nitrogens with two attached hydrogens (primary N) is 1. The first kappa shape index (κ1) is 26.1. The van der Waals surface area contributed by atoms with E-state index in [4.69, 9.17) is 10.8 Å². The third-order valence-electron chi connectivity index (χ3n) is 7.51. The number of rotatable bonds is 8. The summed E-state index contributed by atoms with van der Waals surface area (Å²) in [6.45, 7) is 1.93. The Balaban J connectivity index is 1.37. The van der Waals surface area contributed by atoms with Crippen molar-refractivity contribution in [3.05, 3.63) is 94.9 Å². The number of hydrogen-bond acceptors (Lipinski definition) is 7. The SMILES string of the molecule is CC1(c2ccc(CCCC(=O)O)cc2)C(=O)Nc2nc(-c3nn(Cc4ccccc4F)c4ncccc34)nc(N)c21. The van der Waals surface area contributed by atoms with Crippen molar-refractivity contribution >= 4 is 34.5 Å². The second kappa shape index (κ2) is 10.1. The first-order valence-corrected chi connectivity index (χ1v) is 13.1. The first-order valence-electron chi connectivity index (χ1n) is 13.1. The molecule has 0 radical (unpaired) electrons. The van der Waals surface area contributed by atoms with Gasteiger partial charge >= 0.3 is 5.97 Å². The Bertz CT molecular complexity index is 1820. The van der Waals surface area contributed by atoms with Crippen molar-refractivity contribution in [2.75, 3.05) is 11.1 Å². The maximum atomic E-state index is 14.4. The quantitative estimate of drug-likeness (QED) is 0.258. The number of aliphatic carboxylic acids is 1. The Morgan fingerprint density at radius 1 is 1.10 bits per heavy atom. The van der Waals surface area contributed by atoms with Gasteiger partial charge in [0.15, 0.2) is 11.5 Å². The fourth-order valence-corrected chi connectivity index (χ4v) is 5.31. The van der Waals surface area contributed by atoms with Gasteiger partial charge in [-0.25, -0.2) is 24.0 Å². The lowest BCUT2D eigenvalue weighted by Crippen LogP contribution is -2.33. The number of anilines is 2. The van der Waals surface area contributed by atoms with Crippen molar-refractivity contribution in [3.8, 4) is 11.5 Å². The average Bonchev–Trinajstić information content (AvgIpc) is 3.45.